The Kier molecular flexibility index (Phi) is 4.85. The molecule has 1 aromatic heterocycles. The van der Waals surface area contributed by atoms with Crippen molar-refractivity contribution < 1.29 is 0 Å². The number of thiophene rings is 1. The summed E-state index contributed by atoms with van der Waals surface area (Å²) in [5.41, 5.74) is 0.539. The molecule has 0 radical (unpaired) electrons. The van der Waals surface area contributed by atoms with Gasteiger partial charge in [0.05, 0.1) is 0 Å². The highest BCUT2D eigenvalue weighted by Gasteiger charge is 2.27. The minimum absolute atomic E-state index is 0.508. The smallest absolute Gasteiger partial charge is 0.0386 e. The molecule has 1 aliphatic rings. The third-order valence-corrected chi connectivity index (χ3v) is 5.77. The lowest BCUT2D eigenvalue weighted by Crippen LogP contribution is -2.34. The molecule has 1 fully saturated rings. The topological polar surface area (TPSA) is 12.0 Å². The van der Waals surface area contributed by atoms with E-state index in [1.165, 1.54) is 48.4 Å². The molecule has 0 aliphatic heterocycles. The lowest BCUT2D eigenvalue weighted by molar-refractivity contribution is 0.202. The lowest BCUT2D eigenvalue weighted by Gasteiger charge is -2.34. The Morgan fingerprint density at radius 1 is 1.28 bits per heavy atom. The van der Waals surface area contributed by atoms with Crippen LogP contribution in [0, 0.1) is 5.41 Å². The van der Waals surface area contributed by atoms with Gasteiger partial charge in [0.15, 0.2) is 0 Å². The van der Waals surface area contributed by atoms with E-state index in [1.54, 1.807) is 0 Å². The van der Waals surface area contributed by atoms with Gasteiger partial charge in [-0.05, 0) is 43.7 Å². The van der Waals surface area contributed by atoms with E-state index in [4.69, 9.17) is 0 Å². The number of nitrogens with one attached hydrogen (secondary N) is 1. The molecule has 1 aromatic rings. The van der Waals surface area contributed by atoms with Crippen LogP contribution >= 0.6 is 11.3 Å². The van der Waals surface area contributed by atoms with Crippen LogP contribution in [-0.2, 0) is 6.42 Å². The monoisotopic (exact) mass is 265 g/mol. The zero-order chi connectivity index (χ0) is 13.0. The highest BCUT2D eigenvalue weighted by molar-refractivity contribution is 7.12. The van der Waals surface area contributed by atoms with Crippen molar-refractivity contribution in [1.82, 2.24) is 5.32 Å². The van der Waals surface area contributed by atoms with E-state index < -0.39 is 0 Å². The highest BCUT2D eigenvalue weighted by Crippen LogP contribution is 2.35. The average molecular weight is 265 g/mol. The fourth-order valence-corrected chi connectivity index (χ4v) is 3.88. The van der Waals surface area contributed by atoms with Crippen molar-refractivity contribution in [3.8, 4) is 0 Å². The summed E-state index contributed by atoms with van der Waals surface area (Å²) in [5.74, 6) is 0. The summed E-state index contributed by atoms with van der Waals surface area (Å²) in [4.78, 5) is 2.99. The molecule has 0 saturated heterocycles. The molecule has 1 atom stereocenters. The Morgan fingerprint density at radius 2 is 2.00 bits per heavy atom. The summed E-state index contributed by atoms with van der Waals surface area (Å²) in [6, 6.07) is 5.08. The molecule has 2 rings (SSSR count). The Hall–Kier alpha value is -0.340. The highest BCUT2D eigenvalue weighted by atomic mass is 32.1. The average Bonchev–Trinajstić information content (AvgIpc) is 2.86. The molecule has 1 unspecified atom stereocenters. The molecule has 2 heteroatoms. The van der Waals surface area contributed by atoms with Crippen LogP contribution in [0.3, 0.4) is 0 Å². The minimum Gasteiger partial charge on any atom is -0.309 e. The van der Waals surface area contributed by atoms with E-state index in [9.17, 15) is 0 Å². The fourth-order valence-electron chi connectivity index (χ4n) is 2.90. The van der Waals surface area contributed by atoms with Gasteiger partial charge < -0.3 is 5.32 Å². The normalized spacial score (nSPS) is 20.8. The van der Waals surface area contributed by atoms with Crippen LogP contribution in [0.2, 0.25) is 0 Å². The summed E-state index contributed by atoms with van der Waals surface area (Å²) in [6.45, 7) is 8.17. The van der Waals surface area contributed by atoms with Gasteiger partial charge in [-0.25, -0.2) is 0 Å². The first-order valence-corrected chi connectivity index (χ1v) is 8.27. The quantitative estimate of drug-likeness (QED) is 0.796. The lowest BCUT2D eigenvalue weighted by atomic mass is 9.75. The second kappa shape index (κ2) is 6.21. The van der Waals surface area contributed by atoms with E-state index in [0.717, 1.165) is 6.42 Å². The second-order valence-corrected chi connectivity index (χ2v) is 7.33. The van der Waals surface area contributed by atoms with Gasteiger partial charge in [0.25, 0.3) is 0 Å². The van der Waals surface area contributed by atoms with E-state index in [-0.39, 0.29) is 0 Å². The third-order valence-electron chi connectivity index (χ3n) is 4.35. The summed E-state index contributed by atoms with van der Waals surface area (Å²) in [7, 11) is 0. The van der Waals surface area contributed by atoms with Crippen molar-refractivity contribution in [2.45, 2.75) is 65.3 Å². The molecule has 18 heavy (non-hydrogen) atoms. The predicted molar refractivity (Wildman–Crippen MR) is 81.3 cm³/mol. The first kappa shape index (κ1) is 14.1. The van der Waals surface area contributed by atoms with Crippen molar-refractivity contribution in [2.75, 3.05) is 6.54 Å². The van der Waals surface area contributed by atoms with E-state index in [1.807, 2.05) is 11.3 Å². The number of hydrogen-bond acceptors (Lipinski definition) is 2. The Morgan fingerprint density at radius 3 is 2.61 bits per heavy atom. The van der Waals surface area contributed by atoms with Crippen molar-refractivity contribution in [1.29, 1.82) is 0 Å². The maximum absolute atomic E-state index is 3.76. The largest absolute Gasteiger partial charge is 0.309 e. The minimum atomic E-state index is 0.508. The first-order valence-electron chi connectivity index (χ1n) is 7.45. The SMILES string of the molecule is CCc1ccc(C(C)NCC2(C)CCCCC2)s1. The van der Waals surface area contributed by atoms with Crippen LogP contribution in [0.15, 0.2) is 12.1 Å². The van der Waals surface area contributed by atoms with E-state index in [0.29, 0.717) is 11.5 Å². The molecule has 102 valence electrons. The van der Waals surface area contributed by atoms with Crippen LogP contribution in [0.25, 0.3) is 0 Å². The van der Waals surface area contributed by atoms with Crippen molar-refractivity contribution in [3.05, 3.63) is 21.9 Å². The Balaban J connectivity index is 1.85. The Labute approximate surface area is 116 Å². The molecule has 0 amide bonds. The number of rotatable bonds is 5. The van der Waals surface area contributed by atoms with Crippen LogP contribution in [0.4, 0.5) is 0 Å². The summed E-state index contributed by atoms with van der Waals surface area (Å²) in [6.07, 6.45) is 8.25. The molecule has 1 aliphatic carbocycles. The van der Waals surface area contributed by atoms with Crippen LogP contribution in [0.5, 0.6) is 0 Å². The van der Waals surface area contributed by atoms with E-state index >= 15 is 0 Å². The molecule has 1 N–H and O–H groups in total. The zero-order valence-electron chi connectivity index (χ0n) is 12.1. The molecule has 0 bridgehead atoms. The number of aryl methyl sites for hydroxylation is 1. The molecule has 1 heterocycles. The van der Waals surface area contributed by atoms with Crippen LogP contribution < -0.4 is 5.32 Å². The van der Waals surface area contributed by atoms with Crippen molar-refractivity contribution in [2.24, 2.45) is 5.41 Å². The third kappa shape index (κ3) is 3.58. The van der Waals surface area contributed by atoms with Gasteiger partial charge in [0, 0.05) is 22.3 Å². The van der Waals surface area contributed by atoms with Crippen molar-refractivity contribution in [3.63, 3.8) is 0 Å². The fraction of sp³-hybridized carbons (Fsp3) is 0.750. The van der Waals surface area contributed by atoms with Gasteiger partial charge in [0.1, 0.15) is 0 Å². The molecule has 0 aromatic carbocycles. The van der Waals surface area contributed by atoms with Gasteiger partial charge in [-0.2, -0.15) is 0 Å². The Bertz CT molecular complexity index is 363. The predicted octanol–water partition coefficient (Wildman–Crippen LogP) is 4.93. The molecule has 1 saturated carbocycles. The van der Waals surface area contributed by atoms with Gasteiger partial charge in [-0.3, -0.25) is 0 Å². The number of hydrogen-bond donors (Lipinski definition) is 1. The maximum Gasteiger partial charge on any atom is 0.0386 e. The zero-order valence-corrected chi connectivity index (χ0v) is 12.9. The van der Waals surface area contributed by atoms with Crippen LogP contribution in [-0.4, -0.2) is 6.54 Å². The van der Waals surface area contributed by atoms with Gasteiger partial charge in [-0.1, -0.05) is 33.1 Å². The molecule has 0 spiro atoms. The van der Waals surface area contributed by atoms with Gasteiger partial charge in [-0.15, -0.1) is 11.3 Å². The standard InChI is InChI=1S/C16H27NS/c1-4-14-8-9-15(18-14)13(2)17-12-16(3)10-6-5-7-11-16/h8-9,13,17H,4-7,10-12H2,1-3H3. The first-order chi connectivity index (χ1) is 8.63. The molecular formula is C16H27NS. The molecular weight excluding hydrogens is 238 g/mol. The maximum atomic E-state index is 3.76. The van der Waals surface area contributed by atoms with Crippen LogP contribution in [0.1, 0.15) is 68.7 Å². The summed E-state index contributed by atoms with van der Waals surface area (Å²) >= 11 is 1.96. The second-order valence-electron chi connectivity index (χ2n) is 6.13. The van der Waals surface area contributed by atoms with E-state index in [2.05, 4.69) is 38.2 Å². The van der Waals surface area contributed by atoms with Crippen molar-refractivity contribution >= 4 is 11.3 Å². The summed E-state index contributed by atoms with van der Waals surface area (Å²) in [5, 5.41) is 3.76. The summed E-state index contributed by atoms with van der Waals surface area (Å²) < 4.78 is 0. The van der Waals surface area contributed by atoms with Gasteiger partial charge >= 0.3 is 0 Å². The van der Waals surface area contributed by atoms with Gasteiger partial charge in [0.2, 0.25) is 0 Å². The molecule has 1 nitrogen and oxygen atoms in total.